The van der Waals surface area contributed by atoms with Gasteiger partial charge in [-0.3, -0.25) is 4.98 Å². The zero-order valence-corrected chi connectivity index (χ0v) is 8.74. The van der Waals surface area contributed by atoms with E-state index in [1.165, 1.54) is 17.5 Å². The van der Waals surface area contributed by atoms with E-state index in [2.05, 4.69) is 4.98 Å². The fraction of sp³-hybridized carbons (Fsp3) is 0.0909. The van der Waals surface area contributed by atoms with E-state index in [4.69, 9.17) is 4.74 Å². The van der Waals surface area contributed by atoms with Crippen LogP contribution in [0.4, 0.5) is 0 Å². The topological polar surface area (TPSA) is 39.2 Å². The third kappa shape index (κ3) is 2.63. The molecule has 0 spiro atoms. The fourth-order valence-corrected chi connectivity index (χ4v) is 1.62. The Morgan fingerprint density at radius 2 is 2.13 bits per heavy atom. The van der Waals surface area contributed by atoms with Gasteiger partial charge in [0.05, 0.1) is 11.7 Å². The first-order valence-electron chi connectivity index (χ1n) is 4.46. The molecule has 4 heteroatoms. The second-order valence-corrected chi connectivity index (χ2v) is 3.81. The van der Waals surface area contributed by atoms with Crippen LogP contribution < -0.4 is 0 Å². The molecule has 1 heterocycles. The van der Waals surface area contributed by atoms with Crippen molar-refractivity contribution < 1.29 is 9.53 Å². The second kappa shape index (κ2) is 4.70. The number of aromatic nitrogens is 1. The van der Waals surface area contributed by atoms with Gasteiger partial charge in [-0.15, -0.1) is 11.3 Å². The molecule has 2 rings (SSSR count). The molecule has 0 aliphatic carbocycles. The van der Waals surface area contributed by atoms with E-state index >= 15 is 0 Å². The zero-order valence-electron chi connectivity index (χ0n) is 7.92. The molecule has 3 nitrogen and oxygen atoms in total. The predicted molar refractivity (Wildman–Crippen MR) is 57.7 cm³/mol. The van der Waals surface area contributed by atoms with E-state index in [-0.39, 0.29) is 5.97 Å². The number of carbonyl (C=O) groups is 1. The third-order valence-electron chi connectivity index (χ3n) is 1.85. The number of hydrogen-bond acceptors (Lipinski definition) is 4. The van der Waals surface area contributed by atoms with Crippen molar-refractivity contribution in [2.45, 2.75) is 6.61 Å². The van der Waals surface area contributed by atoms with Crippen LogP contribution in [0.1, 0.15) is 15.2 Å². The minimum Gasteiger partial charge on any atom is -0.457 e. The molecule has 1 aromatic heterocycles. The summed E-state index contributed by atoms with van der Waals surface area (Å²) in [5, 5.41) is 0. The van der Waals surface area contributed by atoms with Crippen LogP contribution in [0.2, 0.25) is 0 Å². The number of nitrogens with zero attached hydrogens (tertiary/aromatic N) is 1. The number of thiazole rings is 1. The Morgan fingerprint density at radius 1 is 1.33 bits per heavy atom. The predicted octanol–water partition coefficient (Wildman–Crippen LogP) is 2.50. The SMILES string of the molecule is O=C(OCc1ccccc1)c1cncs1. The highest BCUT2D eigenvalue weighted by molar-refractivity contribution is 7.11. The van der Waals surface area contributed by atoms with Gasteiger partial charge in [-0.25, -0.2) is 4.79 Å². The highest BCUT2D eigenvalue weighted by Gasteiger charge is 2.08. The molecule has 0 N–H and O–H groups in total. The van der Waals surface area contributed by atoms with Gasteiger partial charge in [0, 0.05) is 0 Å². The Kier molecular flexibility index (Phi) is 3.09. The maximum absolute atomic E-state index is 11.4. The van der Waals surface area contributed by atoms with E-state index in [0.29, 0.717) is 11.5 Å². The van der Waals surface area contributed by atoms with Gasteiger partial charge in [0.25, 0.3) is 0 Å². The summed E-state index contributed by atoms with van der Waals surface area (Å²) in [5.74, 6) is -0.318. The van der Waals surface area contributed by atoms with Crippen LogP contribution in [0, 0.1) is 0 Å². The lowest BCUT2D eigenvalue weighted by atomic mass is 10.2. The van der Waals surface area contributed by atoms with Gasteiger partial charge < -0.3 is 4.74 Å². The Bertz CT molecular complexity index is 425. The summed E-state index contributed by atoms with van der Waals surface area (Å²) >= 11 is 1.28. The Balaban J connectivity index is 1.92. The molecule has 2 aromatic rings. The molecule has 0 aliphatic rings. The average molecular weight is 219 g/mol. The average Bonchev–Trinajstić information content (AvgIpc) is 2.81. The zero-order chi connectivity index (χ0) is 10.5. The van der Waals surface area contributed by atoms with Crippen molar-refractivity contribution in [2.24, 2.45) is 0 Å². The first kappa shape index (κ1) is 9.86. The monoisotopic (exact) mass is 219 g/mol. The van der Waals surface area contributed by atoms with Crippen molar-refractivity contribution in [3.63, 3.8) is 0 Å². The molecule has 0 saturated carbocycles. The molecule has 0 amide bonds. The summed E-state index contributed by atoms with van der Waals surface area (Å²) in [6, 6.07) is 9.58. The van der Waals surface area contributed by atoms with Gasteiger partial charge >= 0.3 is 5.97 Å². The first-order chi connectivity index (χ1) is 7.36. The Morgan fingerprint density at radius 3 is 2.80 bits per heavy atom. The number of benzene rings is 1. The van der Waals surface area contributed by atoms with Crippen LogP contribution in [-0.2, 0) is 11.3 Å². The normalized spacial score (nSPS) is 9.87. The first-order valence-corrected chi connectivity index (χ1v) is 5.34. The minimum absolute atomic E-state index is 0.303. The Hall–Kier alpha value is -1.68. The van der Waals surface area contributed by atoms with Crippen LogP contribution in [0.5, 0.6) is 0 Å². The number of hydrogen-bond donors (Lipinski definition) is 0. The molecule has 1 aromatic carbocycles. The van der Waals surface area contributed by atoms with Crippen LogP contribution in [0.15, 0.2) is 42.0 Å². The lowest BCUT2D eigenvalue weighted by molar-refractivity contribution is 0.0478. The van der Waals surface area contributed by atoms with E-state index in [0.717, 1.165) is 5.56 Å². The summed E-state index contributed by atoms with van der Waals surface area (Å²) in [4.78, 5) is 15.8. The van der Waals surface area contributed by atoms with Crippen molar-refractivity contribution in [3.05, 3.63) is 52.5 Å². The van der Waals surface area contributed by atoms with Gasteiger partial charge in [-0.05, 0) is 5.56 Å². The Labute approximate surface area is 91.4 Å². The number of carbonyl (C=O) groups excluding carboxylic acids is 1. The molecule has 0 fully saturated rings. The smallest absolute Gasteiger partial charge is 0.350 e. The lowest BCUT2D eigenvalue weighted by Gasteiger charge is -2.02. The molecule has 0 aliphatic heterocycles. The molecular formula is C11H9NO2S. The summed E-state index contributed by atoms with van der Waals surface area (Å²) < 4.78 is 5.10. The minimum atomic E-state index is -0.318. The summed E-state index contributed by atoms with van der Waals surface area (Å²) in [6.07, 6.45) is 1.51. The maximum Gasteiger partial charge on any atom is 0.350 e. The molecule has 15 heavy (non-hydrogen) atoms. The van der Waals surface area contributed by atoms with E-state index < -0.39 is 0 Å². The van der Waals surface area contributed by atoms with Crippen molar-refractivity contribution in [2.75, 3.05) is 0 Å². The molecule has 0 saturated heterocycles. The molecule has 0 atom stereocenters. The van der Waals surface area contributed by atoms with Crippen LogP contribution in [0.3, 0.4) is 0 Å². The van der Waals surface area contributed by atoms with Gasteiger partial charge in [0.15, 0.2) is 0 Å². The highest BCUT2D eigenvalue weighted by atomic mass is 32.1. The lowest BCUT2D eigenvalue weighted by Crippen LogP contribution is -2.02. The fourth-order valence-electron chi connectivity index (χ4n) is 1.11. The summed E-state index contributed by atoms with van der Waals surface area (Å²) in [6.45, 7) is 0.303. The van der Waals surface area contributed by atoms with Crippen LogP contribution in [0.25, 0.3) is 0 Å². The van der Waals surface area contributed by atoms with Gasteiger partial charge in [0.2, 0.25) is 0 Å². The molecule has 0 bridgehead atoms. The number of ether oxygens (including phenoxy) is 1. The van der Waals surface area contributed by atoms with Crippen LogP contribution >= 0.6 is 11.3 Å². The van der Waals surface area contributed by atoms with E-state index in [1.54, 1.807) is 5.51 Å². The van der Waals surface area contributed by atoms with Crippen molar-refractivity contribution in [3.8, 4) is 0 Å². The van der Waals surface area contributed by atoms with E-state index in [9.17, 15) is 4.79 Å². The number of esters is 1. The number of rotatable bonds is 3. The molecule has 0 radical (unpaired) electrons. The quantitative estimate of drug-likeness (QED) is 0.744. The van der Waals surface area contributed by atoms with Crippen molar-refractivity contribution in [1.29, 1.82) is 0 Å². The van der Waals surface area contributed by atoms with Crippen LogP contribution in [-0.4, -0.2) is 11.0 Å². The molecular weight excluding hydrogens is 210 g/mol. The maximum atomic E-state index is 11.4. The van der Waals surface area contributed by atoms with Crippen molar-refractivity contribution >= 4 is 17.3 Å². The van der Waals surface area contributed by atoms with Crippen molar-refractivity contribution in [1.82, 2.24) is 4.98 Å². The summed E-state index contributed by atoms with van der Waals surface area (Å²) in [7, 11) is 0. The molecule has 76 valence electrons. The van der Waals surface area contributed by atoms with Gasteiger partial charge in [-0.1, -0.05) is 30.3 Å². The highest BCUT2D eigenvalue weighted by Crippen LogP contribution is 2.09. The largest absolute Gasteiger partial charge is 0.457 e. The standard InChI is InChI=1S/C11H9NO2S/c13-11(10-6-12-8-15-10)14-7-9-4-2-1-3-5-9/h1-6,8H,7H2. The third-order valence-corrected chi connectivity index (χ3v) is 2.60. The summed E-state index contributed by atoms with van der Waals surface area (Å²) in [5.41, 5.74) is 2.59. The molecule has 0 unspecified atom stereocenters. The van der Waals surface area contributed by atoms with Gasteiger partial charge in [0.1, 0.15) is 11.5 Å². The second-order valence-electron chi connectivity index (χ2n) is 2.93. The van der Waals surface area contributed by atoms with E-state index in [1.807, 2.05) is 30.3 Å². The van der Waals surface area contributed by atoms with Gasteiger partial charge in [-0.2, -0.15) is 0 Å².